The molecule has 0 amide bonds. The maximum atomic E-state index is 5.24. The summed E-state index contributed by atoms with van der Waals surface area (Å²) in [5.74, 6) is 9.34. The molecule has 0 atom stereocenters. The van der Waals surface area contributed by atoms with Crippen LogP contribution in [0.25, 0.3) is 0 Å². The van der Waals surface area contributed by atoms with Gasteiger partial charge >= 0.3 is 9.53 Å². The molecule has 19 heavy (non-hydrogen) atoms. The van der Waals surface area contributed by atoms with E-state index >= 15 is 0 Å². The Balaban J connectivity index is 4.46. The smallest absolute Gasteiger partial charge is 0.434 e. The van der Waals surface area contributed by atoms with Crippen LogP contribution in [0.4, 0.5) is 0 Å². The largest absolute Gasteiger partial charge is 0.709 e. The summed E-state index contributed by atoms with van der Waals surface area (Å²) < 4.78 is 15.7. The van der Waals surface area contributed by atoms with Crippen molar-refractivity contribution in [1.29, 1.82) is 0 Å². The maximum Gasteiger partial charge on any atom is 0.709 e. The Labute approximate surface area is 119 Å². The summed E-state index contributed by atoms with van der Waals surface area (Å²) in [4.78, 5) is 0. The average Bonchev–Trinajstić information content (AvgIpc) is 2.26. The second kappa shape index (κ2) is 10.2. The van der Waals surface area contributed by atoms with E-state index < -0.39 is 9.53 Å². The van der Waals surface area contributed by atoms with E-state index in [9.17, 15) is 0 Å². The number of hydrogen-bond donors (Lipinski definition) is 0. The Bertz CT molecular complexity index is 355. The SMILES string of the molecule is CC(C)C#CO[SiH](OC#CC(C)C)OC#CC(C)C. The molecule has 0 bridgehead atoms. The Morgan fingerprint density at radius 1 is 0.579 bits per heavy atom. The van der Waals surface area contributed by atoms with Gasteiger partial charge in [-0.15, -0.1) is 0 Å². The fraction of sp³-hybridized carbons (Fsp3) is 0.600. The summed E-state index contributed by atoms with van der Waals surface area (Å²) in [6.45, 7) is 11.9. The van der Waals surface area contributed by atoms with Crippen LogP contribution in [0, 0.1) is 53.8 Å². The third-order valence-corrected chi connectivity index (χ3v) is 2.44. The molecule has 0 unspecified atom stereocenters. The lowest BCUT2D eigenvalue weighted by Gasteiger charge is -2.06. The quantitative estimate of drug-likeness (QED) is 0.587. The lowest BCUT2D eigenvalue weighted by molar-refractivity contribution is 0.256. The molecular formula is C15H22O3Si. The van der Waals surface area contributed by atoms with Gasteiger partial charge in [0, 0.05) is 17.8 Å². The first-order valence-corrected chi connectivity index (χ1v) is 7.81. The normalized spacial score (nSPS) is 9.16. The van der Waals surface area contributed by atoms with Crippen molar-refractivity contribution in [3.8, 4) is 36.1 Å². The second-order valence-corrected chi connectivity index (χ2v) is 6.13. The predicted molar refractivity (Wildman–Crippen MR) is 78.2 cm³/mol. The molecule has 0 aliphatic heterocycles. The second-order valence-electron chi connectivity index (χ2n) is 4.85. The van der Waals surface area contributed by atoms with Crippen LogP contribution < -0.4 is 0 Å². The van der Waals surface area contributed by atoms with E-state index in [1.165, 1.54) is 0 Å². The van der Waals surface area contributed by atoms with Crippen molar-refractivity contribution in [2.75, 3.05) is 0 Å². The highest BCUT2D eigenvalue weighted by molar-refractivity contribution is 6.37. The van der Waals surface area contributed by atoms with Crippen LogP contribution >= 0.6 is 0 Å². The summed E-state index contributed by atoms with van der Waals surface area (Å²) in [7, 11) is -2.43. The minimum Gasteiger partial charge on any atom is -0.434 e. The third-order valence-electron chi connectivity index (χ3n) is 1.51. The van der Waals surface area contributed by atoms with Gasteiger partial charge < -0.3 is 13.3 Å². The van der Waals surface area contributed by atoms with Crippen LogP contribution in [0.1, 0.15) is 41.5 Å². The predicted octanol–water partition coefficient (Wildman–Crippen LogP) is 2.60. The van der Waals surface area contributed by atoms with Gasteiger partial charge in [-0.2, -0.15) is 0 Å². The zero-order valence-electron chi connectivity index (χ0n) is 12.5. The number of rotatable bonds is 3. The van der Waals surface area contributed by atoms with E-state index in [0.717, 1.165) is 0 Å². The van der Waals surface area contributed by atoms with Crippen molar-refractivity contribution in [2.45, 2.75) is 41.5 Å². The summed E-state index contributed by atoms with van der Waals surface area (Å²) in [5.41, 5.74) is 0. The van der Waals surface area contributed by atoms with Crippen LogP contribution in [0.3, 0.4) is 0 Å². The van der Waals surface area contributed by atoms with Gasteiger partial charge in [0.15, 0.2) is 0 Å². The molecule has 0 aromatic heterocycles. The fourth-order valence-electron chi connectivity index (χ4n) is 0.672. The molecule has 0 aliphatic rings. The van der Waals surface area contributed by atoms with Gasteiger partial charge in [-0.05, 0) is 0 Å². The van der Waals surface area contributed by atoms with Crippen LogP contribution in [0.5, 0.6) is 0 Å². The van der Waals surface area contributed by atoms with Gasteiger partial charge in [0.05, 0.1) is 18.3 Å². The van der Waals surface area contributed by atoms with Gasteiger partial charge in [-0.25, -0.2) is 0 Å². The molecule has 0 heterocycles. The van der Waals surface area contributed by atoms with Gasteiger partial charge in [0.25, 0.3) is 0 Å². The minimum absolute atomic E-state index is 0.234. The lowest BCUT2D eigenvalue weighted by atomic mass is 10.2. The highest BCUT2D eigenvalue weighted by atomic mass is 28.3. The molecule has 0 saturated heterocycles. The van der Waals surface area contributed by atoms with E-state index in [-0.39, 0.29) is 17.8 Å². The highest BCUT2D eigenvalue weighted by Crippen LogP contribution is 1.94. The summed E-state index contributed by atoms with van der Waals surface area (Å²) >= 11 is 0. The van der Waals surface area contributed by atoms with Crippen LogP contribution in [-0.2, 0) is 13.3 Å². The Morgan fingerprint density at radius 2 is 0.842 bits per heavy atom. The molecule has 3 nitrogen and oxygen atoms in total. The molecule has 0 aromatic rings. The molecule has 0 fully saturated rings. The molecule has 0 rings (SSSR count). The minimum atomic E-state index is -2.43. The van der Waals surface area contributed by atoms with Gasteiger partial charge in [0.1, 0.15) is 0 Å². The standard InChI is InChI=1S/C15H22O3Si/c1-13(2)7-10-16-19(17-11-8-14(3)4)18-12-9-15(5)6/h13-15,19H,1-6H3. The van der Waals surface area contributed by atoms with Crippen molar-refractivity contribution >= 4 is 9.53 Å². The van der Waals surface area contributed by atoms with E-state index in [0.29, 0.717) is 0 Å². The molecule has 0 N–H and O–H groups in total. The fourth-order valence-corrected chi connectivity index (χ4v) is 1.31. The summed E-state index contributed by atoms with van der Waals surface area (Å²) in [6, 6.07) is 0. The number of hydrogen-bond acceptors (Lipinski definition) is 3. The first kappa shape index (κ1) is 17.3. The molecule has 4 heteroatoms. The molecule has 0 aromatic carbocycles. The van der Waals surface area contributed by atoms with Gasteiger partial charge in [-0.1, -0.05) is 59.3 Å². The molecule has 0 aliphatic carbocycles. The van der Waals surface area contributed by atoms with Crippen molar-refractivity contribution in [3.05, 3.63) is 0 Å². The summed E-state index contributed by atoms with van der Waals surface area (Å²) in [6.07, 6.45) is 7.76. The van der Waals surface area contributed by atoms with Crippen LogP contribution in [0.15, 0.2) is 0 Å². The maximum absolute atomic E-state index is 5.24. The van der Waals surface area contributed by atoms with E-state index in [1.54, 1.807) is 0 Å². The van der Waals surface area contributed by atoms with E-state index in [2.05, 4.69) is 36.1 Å². The molecular weight excluding hydrogens is 256 g/mol. The molecule has 0 spiro atoms. The molecule has 0 saturated carbocycles. The first-order valence-electron chi connectivity index (χ1n) is 6.40. The first-order chi connectivity index (χ1) is 8.91. The van der Waals surface area contributed by atoms with Gasteiger partial charge in [-0.3, -0.25) is 0 Å². The molecule has 0 radical (unpaired) electrons. The van der Waals surface area contributed by atoms with Crippen molar-refractivity contribution in [2.24, 2.45) is 17.8 Å². The Morgan fingerprint density at radius 3 is 1.05 bits per heavy atom. The third kappa shape index (κ3) is 12.5. The zero-order valence-corrected chi connectivity index (χ0v) is 13.7. The van der Waals surface area contributed by atoms with E-state index in [1.807, 2.05) is 41.5 Å². The van der Waals surface area contributed by atoms with Crippen molar-refractivity contribution in [3.63, 3.8) is 0 Å². The highest BCUT2D eigenvalue weighted by Gasteiger charge is 2.17. The van der Waals surface area contributed by atoms with Gasteiger partial charge in [0.2, 0.25) is 0 Å². The van der Waals surface area contributed by atoms with Crippen molar-refractivity contribution in [1.82, 2.24) is 0 Å². The monoisotopic (exact) mass is 278 g/mol. The lowest BCUT2D eigenvalue weighted by Crippen LogP contribution is -2.21. The summed E-state index contributed by atoms with van der Waals surface area (Å²) in [5, 5.41) is 0. The van der Waals surface area contributed by atoms with Crippen LogP contribution in [0.2, 0.25) is 0 Å². The van der Waals surface area contributed by atoms with Crippen LogP contribution in [-0.4, -0.2) is 9.53 Å². The van der Waals surface area contributed by atoms with Crippen molar-refractivity contribution < 1.29 is 13.3 Å². The molecule has 104 valence electrons. The zero-order chi connectivity index (χ0) is 14.7. The Hall–Kier alpha value is -1.70. The van der Waals surface area contributed by atoms with E-state index in [4.69, 9.17) is 13.3 Å². The Kier molecular flexibility index (Phi) is 9.32. The average molecular weight is 278 g/mol. The topological polar surface area (TPSA) is 27.7 Å².